The summed E-state index contributed by atoms with van der Waals surface area (Å²) in [4.78, 5) is 14.6. The van der Waals surface area contributed by atoms with Crippen LogP contribution in [-0.2, 0) is 0 Å². The Balaban J connectivity index is 1.97. The molecule has 0 spiro atoms. The van der Waals surface area contributed by atoms with Crippen molar-refractivity contribution in [3.05, 3.63) is 50.6 Å². The standard InChI is InChI=1S/C15H13BrN2O4S2/c1-21-12-8-9(15-23-5-6-24-15)7-10(16)13(12)22-14-11(18(19)20)3-2-4-17-14/h2-4,7-8,15H,5-6H2,1H3. The highest BCUT2D eigenvalue weighted by Gasteiger charge is 2.24. The van der Waals surface area contributed by atoms with Gasteiger partial charge in [0.05, 0.1) is 21.1 Å². The third kappa shape index (κ3) is 3.62. The first-order chi connectivity index (χ1) is 11.6. The van der Waals surface area contributed by atoms with Crippen LogP contribution in [0.4, 0.5) is 5.69 Å². The SMILES string of the molecule is COc1cc(C2SCCS2)cc(Br)c1Oc1ncccc1[N+](=O)[O-]. The van der Waals surface area contributed by atoms with E-state index in [2.05, 4.69) is 20.9 Å². The number of halogens is 1. The van der Waals surface area contributed by atoms with Crippen molar-refractivity contribution in [3.8, 4) is 17.4 Å². The Labute approximate surface area is 155 Å². The highest BCUT2D eigenvalue weighted by atomic mass is 79.9. The molecular weight excluding hydrogens is 416 g/mol. The molecule has 0 atom stereocenters. The van der Waals surface area contributed by atoms with Crippen LogP contribution in [0.5, 0.6) is 17.4 Å². The molecule has 1 saturated heterocycles. The molecule has 0 N–H and O–H groups in total. The largest absolute Gasteiger partial charge is 0.493 e. The molecule has 0 aliphatic carbocycles. The molecule has 1 aromatic heterocycles. The summed E-state index contributed by atoms with van der Waals surface area (Å²) < 4.78 is 12.2. The lowest BCUT2D eigenvalue weighted by molar-refractivity contribution is -0.386. The van der Waals surface area contributed by atoms with Gasteiger partial charge in [-0.2, -0.15) is 0 Å². The maximum atomic E-state index is 11.1. The second-order valence-electron chi connectivity index (χ2n) is 4.79. The third-order valence-electron chi connectivity index (χ3n) is 3.29. The number of rotatable bonds is 5. The minimum absolute atomic E-state index is 0.0705. The van der Waals surface area contributed by atoms with E-state index in [1.807, 2.05) is 35.7 Å². The molecule has 126 valence electrons. The molecule has 1 aliphatic heterocycles. The van der Waals surface area contributed by atoms with E-state index in [-0.39, 0.29) is 11.6 Å². The van der Waals surface area contributed by atoms with E-state index >= 15 is 0 Å². The fraction of sp³-hybridized carbons (Fsp3) is 0.267. The molecule has 6 nitrogen and oxygen atoms in total. The topological polar surface area (TPSA) is 74.5 Å². The normalized spacial score (nSPS) is 14.6. The zero-order valence-corrected chi connectivity index (χ0v) is 15.8. The van der Waals surface area contributed by atoms with Crippen LogP contribution >= 0.6 is 39.5 Å². The highest BCUT2D eigenvalue weighted by Crippen LogP contribution is 2.49. The summed E-state index contributed by atoms with van der Waals surface area (Å²) in [6, 6.07) is 6.71. The van der Waals surface area contributed by atoms with Gasteiger partial charge in [0.25, 0.3) is 5.88 Å². The molecule has 0 amide bonds. The number of benzene rings is 1. The first-order valence-corrected chi connectivity index (χ1v) is 9.87. The van der Waals surface area contributed by atoms with Crippen molar-refractivity contribution < 1.29 is 14.4 Å². The Morgan fingerprint density at radius 3 is 2.79 bits per heavy atom. The van der Waals surface area contributed by atoms with E-state index in [1.165, 1.54) is 18.3 Å². The Bertz CT molecular complexity index is 769. The molecule has 0 bridgehead atoms. The Morgan fingerprint density at radius 1 is 1.38 bits per heavy atom. The fourth-order valence-electron chi connectivity index (χ4n) is 2.22. The molecule has 1 fully saturated rings. The molecule has 1 aliphatic rings. The van der Waals surface area contributed by atoms with Gasteiger partial charge >= 0.3 is 5.69 Å². The van der Waals surface area contributed by atoms with Crippen LogP contribution in [0.3, 0.4) is 0 Å². The molecule has 2 aromatic rings. The van der Waals surface area contributed by atoms with E-state index in [9.17, 15) is 10.1 Å². The third-order valence-corrected chi connectivity index (χ3v) is 6.99. The number of methoxy groups -OCH3 is 1. The van der Waals surface area contributed by atoms with E-state index in [1.54, 1.807) is 7.11 Å². The first kappa shape index (κ1) is 17.4. The maximum Gasteiger partial charge on any atom is 0.331 e. The van der Waals surface area contributed by atoms with Crippen molar-refractivity contribution >= 4 is 45.1 Å². The molecule has 24 heavy (non-hydrogen) atoms. The van der Waals surface area contributed by atoms with Gasteiger partial charge in [0.2, 0.25) is 0 Å². The Morgan fingerprint density at radius 2 is 2.12 bits per heavy atom. The highest BCUT2D eigenvalue weighted by molar-refractivity contribution is 9.10. The van der Waals surface area contributed by atoms with Crippen LogP contribution in [0, 0.1) is 10.1 Å². The second kappa shape index (κ2) is 7.62. The summed E-state index contributed by atoms with van der Waals surface area (Å²) in [5, 5.41) is 11.1. The van der Waals surface area contributed by atoms with Crippen LogP contribution < -0.4 is 9.47 Å². The van der Waals surface area contributed by atoms with Crippen molar-refractivity contribution in [1.29, 1.82) is 0 Å². The van der Waals surface area contributed by atoms with Gasteiger partial charge in [-0.05, 0) is 39.7 Å². The second-order valence-corrected chi connectivity index (χ2v) is 8.37. The molecule has 1 aromatic carbocycles. The number of ether oxygens (including phenoxy) is 2. The summed E-state index contributed by atoms with van der Waals surface area (Å²) in [5.41, 5.74) is 0.923. The van der Waals surface area contributed by atoms with Gasteiger partial charge in [-0.1, -0.05) is 0 Å². The van der Waals surface area contributed by atoms with Gasteiger partial charge in [0, 0.05) is 23.8 Å². The molecular formula is C15H13BrN2O4S2. The van der Waals surface area contributed by atoms with E-state index < -0.39 is 4.92 Å². The average molecular weight is 429 g/mol. The lowest BCUT2D eigenvalue weighted by Gasteiger charge is -2.15. The molecule has 3 rings (SSSR count). The van der Waals surface area contributed by atoms with Crippen LogP contribution in [-0.4, -0.2) is 28.5 Å². The lowest BCUT2D eigenvalue weighted by atomic mass is 10.2. The van der Waals surface area contributed by atoms with Crippen LogP contribution in [0.2, 0.25) is 0 Å². The van der Waals surface area contributed by atoms with E-state index in [0.29, 0.717) is 20.6 Å². The van der Waals surface area contributed by atoms with Gasteiger partial charge in [-0.3, -0.25) is 10.1 Å². The Kier molecular flexibility index (Phi) is 5.52. The van der Waals surface area contributed by atoms with Gasteiger partial charge in [-0.15, -0.1) is 23.5 Å². The van der Waals surface area contributed by atoms with Crippen LogP contribution in [0.1, 0.15) is 10.1 Å². The summed E-state index contributed by atoms with van der Waals surface area (Å²) >= 11 is 7.25. The predicted octanol–water partition coefficient (Wildman–Crippen LogP) is 5.03. The fourth-order valence-corrected chi connectivity index (χ4v) is 5.58. The number of thioether (sulfide) groups is 2. The smallest absolute Gasteiger partial charge is 0.331 e. The summed E-state index contributed by atoms with van der Waals surface area (Å²) in [6.45, 7) is 0. The molecule has 0 radical (unpaired) electrons. The zero-order chi connectivity index (χ0) is 17.1. The lowest BCUT2D eigenvalue weighted by Crippen LogP contribution is -1.99. The number of nitro groups is 1. The number of hydrogen-bond acceptors (Lipinski definition) is 7. The molecule has 2 heterocycles. The zero-order valence-electron chi connectivity index (χ0n) is 12.6. The number of pyridine rings is 1. The van der Waals surface area contributed by atoms with Crippen molar-refractivity contribution in [2.24, 2.45) is 0 Å². The Hall–Kier alpha value is -1.45. The van der Waals surface area contributed by atoms with E-state index in [0.717, 1.165) is 17.1 Å². The monoisotopic (exact) mass is 428 g/mol. The van der Waals surface area contributed by atoms with Gasteiger partial charge < -0.3 is 9.47 Å². The number of nitrogens with zero attached hydrogens (tertiary/aromatic N) is 2. The van der Waals surface area contributed by atoms with Crippen molar-refractivity contribution in [1.82, 2.24) is 4.98 Å². The minimum atomic E-state index is -0.525. The molecule has 0 saturated carbocycles. The quantitative estimate of drug-likeness (QED) is 0.487. The average Bonchev–Trinajstić information content (AvgIpc) is 3.11. The van der Waals surface area contributed by atoms with Crippen molar-refractivity contribution in [2.75, 3.05) is 18.6 Å². The molecule has 9 heteroatoms. The summed E-state index contributed by atoms with van der Waals surface area (Å²) in [5.74, 6) is 3.05. The minimum Gasteiger partial charge on any atom is -0.493 e. The maximum absolute atomic E-state index is 11.1. The number of aromatic nitrogens is 1. The number of hydrogen-bond donors (Lipinski definition) is 0. The summed E-state index contributed by atoms with van der Waals surface area (Å²) in [7, 11) is 1.54. The van der Waals surface area contributed by atoms with Crippen molar-refractivity contribution in [2.45, 2.75) is 4.58 Å². The van der Waals surface area contributed by atoms with E-state index in [4.69, 9.17) is 9.47 Å². The summed E-state index contributed by atoms with van der Waals surface area (Å²) in [6.07, 6.45) is 1.45. The van der Waals surface area contributed by atoms with Gasteiger partial charge in [-0.25, -0.2) is 4.98 Å². The molecule has 0 unspecified atom stereocenters. The predicted molar refractivity (Wildman–Crippen MR) is 99.3 cm³/mol. The van der Waals surface area contributed by atoms with Gasteiger partial charge in [0.15, 0.2) is 11.5 Å². The van der Waals surface area contributed by atoms with Crippen LogP contribution in [0.25, 0.3) is 0 Å². The van der Waals surface area contributed by atoms with Crippen LogP contribution in [0.15, 0.2) is 34.9 Å². The first-order valence-electron chi connectivity index (χ1n) is 6.98. The van der Waals surface area contributed by atoms with Gasteiger partial charge in [0.1, 0.15) is 0 Å². The van der Waals surface area contributed by atoms with Crippen molar-refractivity contribution in [3.63, 3.8) is 0 Å².